The van der Waals surface area contributed by atoms with E-state index < -0.39 is 25.2 Å². The molecule has 8 heteroatoms. The maximum atomic E-state index is 12.3. The lowest BCUT2D eigenvalue weighted by Gasteiger charge is -2.19. The van der Waals surface area contributed by atoms with Crippen LogP contribution in [0.15, 0.2) is 28.0 Å². The summed E-state index contributed by atoms with van der Waals surface area (Å²) >= 11 is 0. The molecule has 0 radical (unpaired) electrons. The molecule has 0 spiro atoms. The molecule has 0 aromatic heterocycles. The second-order valence-electron chi connectivity index (χ2n) is 6.13. The van der Waals surface area contributed by atoms with Crippen molar-refractivity contribution in [2.75, 3.05) is 11.5 Å². The molecule has 0 saturated heterocycles. The van der Waals surface area contributed by atoms with E-state index in [9.17, 15) is 22.0 Å². The number of hydrogen-bond acceptors (Lipinski definition) is 5. The van der Waals surface area contributed by atoms with Crippen LogP contribution in [0.25, 0.3) is 0 Å². The summed E-state index contributed by atoms with van der Waals surface area (Å²) in [5, 5.41) is 12.1. The van der Waals surface area contributed by atoms with Gasteiger partial charge in [0.1, 0.15) is 0 Å². The maximum Gasteiger partial charge on any atom is 0.183 e. The summed E-state index contributed by atoms with van der Waals surface area (Å²) in [6, 6.07) is 3.83. The van der Waals surface area contributed by atoms with Crippen LogP contribution < -0.4 is 0 Å². The third-order valence-corrected chi connectivity index (χ3v) is 6.87. The minimum Gasteiger partial charge on any atom is -0.623 e. The first-order valence-corrected chi connectivity index (χ1v) is 10.6. The Morgan fingerprint density at radius 3 is 2.00 bits per heavy atom. The summed E-state index contributed by atoms with van der Waals surface area (Å²) in [5.74, 6) is -0.310. The first-order valence-electron chi connectivity index (χ1n) is 7.26. The van der Waals surface area contributed by atoms with E-state index in [1.807, 2.05) is 0 Å². The zero-order valence-electron chi connectivity index (χ0n) is 14.0. The van der Waals surface area contributed by atoms with Crippen molar-refractivity contribution in [3.05, 3.63) is 29.0 Å². The standard InChI is InChI=1S/C15H23NO5S2/c1-6-22(18,19)13-9-8-12(11-16(17)15(3,4)5)14(10-13)23(20,21)7-2/h8-11H,6-7H2,1-5H3. The number of hydrogen-bond donors (Lipinski definition) is 0. The lowest BCUT2D eigenvalue weighted by atomic mass is 10.1. The molecule has 6 nitrogen and oxygen atoms in total. The van der Waals surface area contributed by atoms with Crippen LogP contribution in [0.2, 0.25) is 0 Å². The fraction of sp³-hybridized carbons (Fsp3) is 0.533. The predicted octanol–water partition coefficient (Wildman–Crippen LogP) is 2.00. The van der Waals surface area contributed by atoms with Gasteiger partial charge in [0.15, 0.2) is 31.4 Å². The van der Waals surface area contributed by atoms with Gasteiger partial charge in [-0.05, 0) is 18.2 Å². The third kappa shape index (κ3) is 4.54. The molecule has 0 heterocycles. The molecule has 0 N–H and O–H groups in total. The van der Waals surface area contributed by atoms with Gasteiger partial charge in [0.05, 0.1) is 26.9 Å². The van der Waals surface area contributed by atoms with Crippen molar-refractivity contribution >= 4 is 25.9 Å². The molecule has 0 amide bonds. The van der Waals surface area contributed by atoms with Gasteiger partial charge in [-0.15, -0.1) is 0 Å². The quantitative estimate of drug-likeness (QED) is 0.346. The first-order chi connectivity index (χ1) is 10.3. The number of rotatable bonds is 5. The van der Waals surface area contributed by atoms with Gasteiger partial charge in [0.2, 0.25) is 0 Å². The highest BCUT2D eigenvalue weighted by molar-refractivity contribution is 7.92. The Bertz CT molecular complexity index is 816. The average molecular weight is 361 g/mol. The van der Waals surface area contributed by atoms with E-state index in [1.165, 1.54) is 32.2 Å². The molecule has 130 valence electrons. The van der Waals surface area contributed by atoms with E-state index in [0.717, 1.165) is 6.07 Å². The second kappa shape index (κ2) is 6.60. The molecule has 0 aliphatic heterocycles. The maximum absolute atomic E-state index is 12.3. The van der Waals surface area contributed by atoms with E-state index >= 15 is 0 Å². The summed E-state index contributed by atoms with van der Waals surface area (Å²) in [7, 11) is -7.21. The van der Waals surface area contributed by atoms with Crippen molar-refractivity contribution in [3.8, 4) is 0 Å². The summed E-state index contributed by atoms with van der Waals surface area (Å²) < 4.78 is 49.2. The molecule has 0 unspecified atom stereocenters. The van der Waals surface area contributed by atoms with Crippen molar-refractivity contribution < 1.29 is 21.6 Å². The minimum absolute atomic E-state index is 0.0580. The van der Waals surface area contributed by atoms with Crippen LogP contribution in [-0.4, -0.2) is 44.8 Å². The fourth-order valence-corrected chi connectivity index (χ4v) is 3.80. The van der Waals surface area contributed by atoms with Crippen molar-refractivity contribution in [1.29, 1.82) is 0 Å². The third-order valence-electron chi connectivity index (χ3n) is 3.36. The van der Waals surface area contributed by atoms with Crippen LogP contribution in [0.3, 0.4) is 0 Å². The van der Waals surface area contributed by atoms with E-state index in [2.05, 4.69) is 0 Å². The van der Waals surface area contributed by atoms with E-state index in [1.54, 1.807) is 20.8 Å². The highest BCUT2D eigenvalue weighted by Crippen LogP contribution is 2.22. The zero-order valence-corrected chi connectivity index (χ0v) is 15.7. The monoisotopic (exact) mass is 361 g/mol. The predicted molar refractivity (Wildman–Crippen MR) is 90.4 cm³/mol. The Kier molecular flexibility index (Phi) is 5.64. The normalized spacial score (nSPS) is 14.0. The Labute approximate surface area is 138 Å². The summed E-state index contributed by atoms with van der Waals surface area (Å²) in [5.41, 5.74) is -0.548. The van der Waals surface area contributed by atoms with Crippen molar-refractivity contribution in [2.24, 2.45) is 0 Å². The highest BCUT2D eigenvalue weighted by Gasteiger charge is 2.24. The molecule has 0 bridgehead atoms. The fourth-order valence-electron chi connectivity index (χ4n) is 1.73. The summed E-state index contributed by atoms with van der Waals surface area (Å²) in [6.45, 7) is 8.04. The molecule has 0 aliphatic carbocycles. The lowest BCUT2D eigenvalue weighted by Crippen LogP contribution is -2.29. The van der Waals surface area contributed by atoms with Gasteiger partial charge >= 0.3 is 0 Å². The van der Waals surface area contributed by atoms with Gasteiger partial charge in [-0.25, -0.2) is 21.6 Å². The zero-order chi connectivity index (χ0) is 18.1. The number of nitrogens with zero attached hydrogens (tertiary/aromatic N) is 1. The molecule has 0 atom stereocenters. The molecule has 23 heavy (non-hydrogen) atoms. The van der Waals surface area contributed by atoms with Crippen LogP contribution in [0.5, 0.6) is 0 Å². The van der Waals surface area contributed by atoms with Crippen LogP contribution in [0, 0.1) is 5.21 Å². The van der Waals surface area contributed by atoms with Crippen LogP contribution in [-0.2, 0) is 19.7 Å². The molecule has 0 fully saturated rings. The molecule has 0 saturated carbocycles. The van der Waals surface area contributed by atoms with E-state index in [4.69, 9.17) is 0 Å². The molecule has 1 aromatic rings. The topological polar surface area (TPSA) is 94.3 Å². The molecule has 1 rings (SSSR count). The minimum atomic E-state index is -3.67. The summed E-state index contributed by atoms with van der Waals surface area (Å²) in [4.78, 5) is -0.197. The summed E-state index contributed by atoms with van der Waals surface area (Å²) in [6.07, 6.45) is 1.19. The smallest absolute Gasteiger partial charge is 0.183 e. The average Bonchev–Trinajstić information content (AvgIpc) is 2.46. The largest absolute Gasteiger partial charge is 0.623 e. The van der Waals surface area contributed by atoms with Gasteiger partial charge in [-0.3, -0.25) is 0 Å². The molecule has 1 aromatic carbocycles. The molecule has 0 aliphatic rings. The van der Waals surface area contributed by atoms with E-state index in [-0.39, 0.29) is 26.9 Å². The van der Waals surface area contributed by atoms with Crippen molar-refractivity contribution in [2.45, 2.75) is 49.9 Å². The molecular weight excluding hydrogens is 338 g/mol. The number of benzene rings is 1. The Hall–Kier alpha value is -1.41. The van der Waals surface area contributed by atoms with Gasteiger partial charge in [-0.1, -0.05) is 13.8 Å². The van der Waals surface area contributed by atoms with Crippen molar-refractivity contribution in [3.63, 3.8) is 0 Å². The number of hydroxylamine groups is 1. The lowest BCUT2D eigenvalue weighted by molar-refractivity contribution is -0.530. The van der Waals surface area contributed by atoms with Gasteiger partial charge in [0, 0.05) is 20.8 Å². The van der Waals surface area contributed by atoms with Crippen LogP contribution >= 0.6 is 0 Å². The van der Waals surface area contributed by atoms with Crippen LogP contribution in [0.1, 0.15) is 40.2 Å². The SMILES string of the molecule is CCS(=O)(=O)c1ccc(C=[N+]([O-])C(C)(C)C)c(S(=O)(=O)CC)c1. The van der Waals surface area contributed by atoms with Gasteiger partial charge in [-0.2, -0.15) is 0 Å². The Morgan fingerprint density at radius 2 is 1.57 bits per heavy atom. The second-order valence-corrected chi connectivity index (χ2v) is 10.7. The van der Waals surface area contributed by atoms with Crippen LogP contribution in [0.4, 0.5) is 0 Å². The Morgan fingerprint density at radius 1 is 1.04 bits per heavy atom. The van der Waals surface area contributed by atoms with Gasteiger partial charge in [0.25, 0.3) is 0 Å². The Balaban J connectivity index is 3.68. The van der Waals surface area contributed by atoms with E-state index in [0.29, 0.717) is 4.74 Å². The molecular formula is C15H23NO5S2. The number of sulfone groups is 2. The van der Waals surface area contributed by atoms with Gasteiger partial charge < -0.3 is 5.21 Å². The van der Waals surface area contributed by atoms with Crippen molar-refractivity contribution in [1.82, 2.24) is 0 Å². The first kappa shape index (κ1) is 19.6. The highest BCUT2D eigenvalue weighted by atomic mass is 32.2.